The Morgan fingerprint density at radius 2 is 1.54 bits per heavy atom. The van der Waals surface area contributed by atoms with Crippen LogP contribution < -0.4 is 10.6 Å². The Labute approximate surface area is 210 Å². The first-order valence-electron chi connectivity index (χ1n) is 13.2. The van der Waals surface area contributed by atoms with E-state index in [9.17, 15) is 14.4 Å². The molecule has 3 amide bonds. The number of nitrogens with zero attached hydrogens (tertiary/aromatic N) is 1. The Morgan fingerprint density at radius 3 is 2.20 bits per heavy atom. The predicted molar refractivity (Wildman–Crippen MR) is 137 cm³/mol. The second kappa shape index (κ2) is 15.3. The van der Waals surface area contributed by atoms with Crippen molar-refractivity contribution in [3.8, 4) is 0 Å². The van der Waals surface area contributed by atoms with Crippen molar-refractivity contribution >= 4 is 23.8 Å². The fourth-order valence-corrected chi connectivity index (χ4v) is 4.20. The number of carbonyl (C=O) groups excluding carboxylic acids is 3. The molecule has 0 saturated carbocycles. The van der Waals surface area contributed by atoms with Crippen molar-refractivity contribution in [2.45, 2.75) is 90.5 Å². The van der Waals surface area contributed by atoms with Crippen LogP contribution in [0.25, 0.3) is 0 Å². The highest BCUT2D eigenvalue weighted by molar-refractivity contribution is 5.90. The van der Waals surface area contributed by atoms with Crippen LogP contribution in [0.4, 0.5) is 15.3 Å². The van der Waals surface area contributed by atoms with Gasteiger partial charge in [0.25, 0.3) is 0 Å². The largest absolute Gasteiger partial charge is 0.466 e. The number of unbranched alkanes of at least 4 members (excludes halogenated alkanes) is 6. The molecule has 1 aliphatic rings. The molecule has 8 heteroatoms. The lowest BCUT2D eigenvalue weighted by Gasteiger charge is -2.48. The molecule has 1 saturated heterocycles. The molecule has 1 aromatic carbocycles. The van der Waals surface area contributed by atoms with Gasteiger partial charge in [0.05, 0.1) is 25.2 Å². The first-order chi connectivity index (χ1) is 16.9. The zero-order valence-electron chi connectivity index (χ0n) is 21.7. The average molecular weight is 490 g/mol. The molecule has 2 rings (SSSR count). The molecule has 35 heavy (non-hydrogen) atoms. The number of ether oxygens (including phenoxy) is 2. The van der Waals surface area contributed by atoms with E-state index in [0.29, 0.717) is 12.3 Å². The van der Waals surface area contributed by atoms with Gasteiger partial charge in [0, 0.05) is 18.8 Å². The lowest BCUT2D eigenvalue weighted by Crippen LogP contribution is -2.72. The lowest BCUT2D eigenvalue weighted by molar-refractivity contribution is -0.146. The number of hydrogen-bond acceptors (Lipinski definition) is 5. The summed E-state index contributed by atoms with van der Waals surface area (Å²) in [5.74, 6) is -0.411. The van der Waals surface area contributed by atoms with E-state index < -0.39 is 23.6 Å². The zero-order valence-corrected chi connectivity index (χ0v) is 21.7. The van der Waals surface area contributed by atoms with Crippen molar-refractivity contribution in [1.82, 2.24) is 10.2 Å². The van der Waals surface area contributed by atoms with Crippen LogP contribution in [0.3, 0.4) is 0 Å². The minimum Gasteiger partial charge on any atom is -0.466 e. The Morgan fingerprint density at radius 1 is 0.886 bits per heavy atom. The van der Waals surface area contributed by atoms with E-state index in [1.807, 2.05) is 31.2 Å². The van der Waals surface area contributed by atoms with Gasteiger partial charge in [-0.3, -0.25) is 4.79 Å². The van der Waals surface area contributed by atoms with Crippen LogP contribution in [0.2, 0.25) is 0 Å². The number of rotatable bonds is 15. The van der Waals surface area contributed by atoms with Gasteiger partial charge < -0.3 is 25.0 Å². The van der Waals surface area contributed by atoms with Crippen molar-refractivity contribution in [2.24, 2.45) is 0 Å². The van der Waals surface area contributed by atoms with E-state index in [2.05, 4.69) is 17.6 Å². The summed E-state index contributed by atoms with van der Waals surface area (Å²) < 4.78 is 10.3. The molecular formula is C27H43N3O5. The Hall–Kier alpha value is -2.77. The lowest BCUT2D eigenvalue weighted by atomic mass is 9.86. The van der Waals surface area contributed by atoms with Gasteiger partial charge in [-0.1, -0.05) is 64.5 Å². The predicted octanol–water partition coefficient (Wildman–Crippen LogP) is 5.66. The molecule has 1 heterocycles. The summed E-state index contributed by atoms with van der Waals surface area (Å²) in [7, 11) is 0. The zero-order chi connectivity index (χ0) is 25.5. The minimum absolute atomic E-state index is 0.00973. The first kappa shape index (κ1) is 28.5. The van der Waals surface area contributed by atoms with Crippen molar-refractivity contribution in [3.05, 3.63) is 29.8 Å². The number of aryl methyl sites for hydroxylation is 1. The highest BCUT2D eigenvalue weighted by atomic mass is 16.6. The van der Waals surface area contributed by atoms with E-state index in [1.54, 1.807) is 6.92 Å². The van der Waals surface area contributed by atoms with Gasteiger partial charge in [-0.2, -0.15) is 0 Å². The summed E-state index contributed by atoms with van der Waals surface area (Å²) in [6, 6.07) is 7.43. The maximum atomic E-state index is 12.7. The molecule has 0 atom stereocenters. The fraction of sp³-hybridized carbons (Fsp3) is 0.667. The van der Waals surface area contributed by atoms with E-state index >= 15 is 0 Å². The summed E-state index contributed by atoms with van der Waals surface area (Å²) in [5, 5.41) is 5.73. The van der Waals surface area contributed by atoms with Crippen LogP contribution in [0, 0.1) is 0 Å². The number of likely N-dealkylation sites (tertiary alicyclic amines) is 1. The third kappa shape index (κ3) is 10.2. The van der Waals surface area contributed by atoms with Crippen molar-refractivity contribution < 1.29 is 23.9 Å². The standard InChI is InChI=1S/C27H43N3O5/c1-4-7-9-10-11-12-13-22-14-16-23(17-15-22)28-25(32)29-27(19-24(31)34-6-3)20-30(21-27)26(33)35-18-8-5-2/h14-17H,4-13,18-21H2,1-3H3,(H2,28,29,32). The number of anilines is 1. The summed E-state index contributed by atoms with van der Waals surface area (Å²) in [6.45, 7) is 6.99. The van der Waals surface area contributed by atoms with Crippen LogP contribution in [0.5, 0.6) is 0 Å². The summed E-state index contributed by atoms with van der Waals surface area (Å²) in [4.78, 5) is 38.6. The van der Waals surface area contributed by atoms with E-state index in [1.165, 1.54) is 49.0 Å². The molecule has 196 valence electrons. The molecule has 8 nitrogen and oxygen atoms in total. The fourth-order valence-electron chi connectivity index (χ4n) is 4.20. The van der Waals surface area contributed by atoms with Gasteiger partial charge in [-0.15, -0.1) is 0 Å². The van der Waals surface area contributed by atoms with Crippen LogP contribution in [-0.4, -0.2) is 54.8 Å². The van der Waals surface area contributed by atoms with Gasteiger partial charge in [0.15, 0.2) is 0 Å². The van der Waals surface area contributed by atoms with Crippen molar-refractivity contribution in [1.29, 1.82) is 0 Å². The molecule has 1 aliphatic heterocycles. The summed E-state index contributed by atoms with van der Waals surface area (Å²) in [6.07, 6.45) is 9.91. The quantitative estimate of drug-likeness (QED) is 0.245. The Bertz CT molecular complexity index is 791. The molecular weight excluding hydrogens is 446 g/mol. The normalized spacial score (nSPS) is 14.1. The maximum absolute atomic E-state index is 12.7. The van der Waals surface area contributed by atoms with Crippen LogP contribution in [0.1, 0.15) is 84.1 Å². The highest BCUT2D eigenvalue weighted by Gasteiger charge is 2.48. The monoisotopic (exact) mass is 489 g/mol. The molecule has 0 spiro atoms. The maximum Gasteiger partial charge on any atom is 0.409 e. The van der Waals surface area contributed by atoms with Gasteiger partial charge in [0.2, 0.25) is 0 Å². The molecule has 0 aliphatic carbocycles. The van der Waals surface area contributed by atoms with Gasteiger partial charge >= 0.3 is 18.1 Å². The number of hydrogen-bond donors (Lipinski definition) is 2. The summed E-state index contributed by atoms with van der Waals surface area (Å²) in [5.41, 5.74) is 1.05. The second-order valence-electron chi connectivity index (χ2n) is 9.38. The first-order valence-corrected chi connectivity index (χ1v) is 13.2. The van der Waals surface area contributed by atoms with Crippen LogP contribution in [-0.2, 0) is 20.7 Å². The Kier molecular flexibility index (Phi) is 12.4. The minimum atomic E-state index is -0.877. The second-order valence-corrected chi connectivity index (χ2v) is 9.38. The number of amides is 3. The number of esters is 1. The van der Waals surface area contributed by atoms with Crippen molar-refractivity contribution in [2.75, 3.05) is 31.6 Å². The van der Waals surface area contributed by atoms with E-state index in [-0.39, 0.29) is 26.1 Å². The smallest absolute Gasteiger partial charge is 0.409 e. The number of urea groups is 1. The highest BCUT2D eigenvalue weighted by Crippen LogP contribution is 2.26. The summed E-state index contributed by atoms with van der Waals surface area (Å²) >= 11 is 0. The Balaban J connectivity index is 1.85. The number of benzene rings is 1. The molecule has 0 aromatic heterocycles. The average Bonchev–Trinajstić information content (AvgIpc) is 2.80. The van der Waals surface area contributed by atoms with Gasteiger partial charge in [-0.25, -0.2) is 9.59 Å². The van der Waals surface area contributed by atoms with E-state index in [4.69, 9.17) is 9.47 Å². The van der Waals surface area contributed by atoms with Crippen LogP contribution in [0.15, 0.2) is 24.3 Å². The molecule has 0 bridgehead atoms. The molecule has 1 aromatic rings. The third-order valence-electron chi connectivity index (χ3n) is 6.17. The topological polar surface area (TPSA) is 97.0 Å². The van der Waals surface area contributed by atoms with Gasteiger partial charge in [-0.05, 0) is 43.9 Å². The molecule has 1 fully saturated rings. The number of carbonyl (C=O) groups is 3. The van der Waals surface area contributed by atoms with E-state index in [0.717, 1.165) is 19.3 Å². The molecule has 0 radical (unpaired) electrons. The van der Waals surface area contributed by atoms with Gasteiger partial charge in [0.1, 0.15) is 0 Å². The SMILES string of the molecule is CCCCCCCCc1ccc(NC(=O)NC2(CC(=O)OCC)CN(C(=O)OCCCC)C2)cc1. The third-order valence-corrected chi connectivity index (χ3v) is 6.17. The van der Waals surface area contributed by atoms with Crippen molar-refractivity contribution in [3.63, 3.8) is 0 Å². The molecule has 2 N–H and O–H groups in total. The number of nitrogens with one attached hydrogen (secondary N) is 2. The molecule has 0 unspecified atom stereocenters. The van der Waals surface area contributed by atoms with Crippen LogP contribution >= 0.6 is 0 Å².